The van der Waals surface area contributed by atoms with E-state index in [0.717, 1.165) is 17.7 Å². The molecule has 4 rings (SSSR count). The van der Waals surface area contributed by atoms with Crippen LogP contribution in [0, 0.1) is 5.92 Å². The van der Waals surface area contributed by atoms with Gasteiger partial charge in [0.2, 0.25) is 0 Å². The fraction of sp³-hybridized carbons (Fsp3) is 0.474. The maximum absolute atomic E-state index is 12.7. The van der Waals surface area contributed by atoms with Gasteiger partial charge in [0.15, 0.2) is 5.78 Å². The van der Waals surface area contributed by atoms with Crippen molar-refractivity contribution in [1.29, 1.82) is 0 Å². The zero-order valence-electron chi connectivity index (χ0n) is 14.1. The van der Waals surface area contributed by atoms with Crippen molar-refractivity contribution in [2.45, 2.75) is 44.8 Å². The van der Waals surface area contributed by atoms with Crippen LogP contribution in [0.25, 0.3) is 0 Å². The minimum atomic E-state index is -0.571. The Labute approximate surface area is 140 Å². The summed E-state index contributed by atoms with van der Waals surface area (Å²) < 4.78 is 5.50. The zero-order chi connectivity index (χ0) is 17.3. The highest BCUT2D eigenvalue weighted by Crippen LogP contribution is 2.66. The Hall–Kier alpha value is -2.14. The van der Waals surface area contributed by atoms with Crippen LogP contribution in [0.1, 0.15) is 48.7 Å². The number of carbonyl (C=O) groups excluding carboxylic acids is 2. The van der Waals surface area contributed by atoms with Gasteiger partial charge in [0.25, 0.3) is 0 Å². The number of hydrogen-bond acceptors (Lipinski definition) is 4. The maximum Gasteiger partial charge on any atom is 0.414 e. The molecule has 1 amide bonds. The number of allylic oxidation sites excluding steroid dienone is 2. The molecule has 1 N–H and O–H groups in total. The summed E-state index contributed by atoms with van der Waals surface area (Å²) in [4.78, 5) is 26.8. The van der Waals surface area contributed by atoms with Crippen LogP contribution in [-0.2, 0) is 16.8 Å². The Morgan fingerprint density at radius 2 is 2.17 bits per heavy atom. The first-order chi connectivity index (χ1) is 11.3. The molecule has 2 atom stereocenters. The van der Waals surface area contributed by atoms with Crippen LogP contribution in [0.15, 0.2) is 30.0 Å². The monoisotopic (exact) mass is 327 g/mol. The summed E-state index contributed by atoms with van der Waals surface area (Å²) >= 11 is 0. The van der Waals surface area contributed by atoms with E-state index in [-0.39, 0.29) is 17.8 Å². The Morgan fingerprint density at radius 3 is 2.83 bits per heavy atom. The van der Waals surface area contributed by atoms with Gasteiger partial charge in [-0.05, 0) is 44.2 Å². The average Bonchev–Trinajstić information content (AvgIpc) is 3.13. The van der Waals surface area contributed by atoms with E-state index in [4.69, 9.17) is 4.74 Å². The standard InChI is InChI=1S/C19H21NO4/c1-18(2,3)24-17(23)20-9-12-8-19(12)13-6-4-5-11(10-21)16(13)14(22)7-15(19)20/h4-7,12,21H,8-10H2,1-3H3/t12-,19-/m1/s1. The van der Waals surface area contributed by atoms with E-state index in [1.807, 2.05) is 32.9 Å². The Bertz CT molecular complexity index is 789. The molecule has 5 nitrogen and oxygen atoms in total. The molecular weight excluding hydrogens is 306 g/mol. The van der Waals surface area contributed by atoms with Crippen molar-refractivity contribution in [2.75, 3.05) is 6.54 Å². The summed E-state index contributed by atoms with van der Waals surface area (Å²) in [7, 11) is 0. The lowest BCUT2D eigenvalue weighted by molar-refractivity contribution is 0.0322. The van der Waals surface area contributed by atoms with Gasteiger partial charge in [-0.1, -0.05) is 18.2 Å². The fourth-order valence-electron chi connectivity index (χ4n) is 4.18. The van der Waals surface area contributed by atoms with Crippen molar-refractivity contribution in [1.82, 2.24) is 4.90 Å². The van der Waals surface area contributed by atoms with Gasteiger partial charge in [-0.3, -0.25) is 9.69 Å². The van der Waals surface area contributed by atoms with Gasteiger partial charge in [0, 0.05) is 29.3 Å². The minimum absolute atomic E-state index is 0.142. The molecule has 24 heavy (non-hydrogen) atoms. The fourth-order valence-corrected chi connectivity index (χ4v) is 4.18. The third kappa shape index (κ3) is 1.97. The number of carbonyl (C=O) groups is 2. The molecule has 1 saturated carbocycles. The van der Waals surface area contributed by atoms with Crippen LogP contribution in [0.2, 0.25) is 0 Å². The number of rotatable bonds is 1. The van der Waals surface area contributed by atoms with Crippen molar-refractivity contribution >= 4 is 11.9 Å². The third-order valence-electron chi connectivity index (χ3n) is 5.19. The van der Waals surface area contributed by atoms with Crippen LogP contribution in [-0.4, -0.2) is 34.0 Å². The lowest BCUT2D eigenvalue weighted by atomic mass is 9.79. The van der Waals surface area contributed by atoms with E-state index in [9.17, 15) is 14.7 Å². The maximum atomic E-state index is 12.7. The summed E-state index contributed by atoms with van der Waals surface area (Å²) in [5, 5.41) is 9.56. The molecule has 2 aliphatic carbocycles. The van der Waals surface area contributed by atoms with Gasteiger partial charge in [-0.15, -0.1) is 0 Å². The highest BCUT2D eigenvalue weighted by Gasteiger charge is 2.67. The quantitative estimate of drug-likeness (QED) is 0.861. The van der Waals surface area contributed by atoms with E-state index >= 15 is 0 Å². The lowest BCUT2D eigenvalue weighted by Gasteiger charge is -2.31. The molecule has 1 aliphatic heterocycles. The second kappa shape index (κ2) is 4.70. The van der Waals surface area contributed by atoms with Crippen molar-refractivity contribution < 1.29 is 19.4 Å². The Morgan fingerprint density at radius 1 is 1.42 bits per heavy atom. The molecule has 1 aromatic rings. The zero-order valence-corrected chi connectivity index (χ0v) is 14.1. The van der Waals surface area contributed by atoms with E-state index in [1.165, 1.54) is 0 Å². The smallest absolute Gasteiger partial charge is 0.414 e. The number of aliphatic hydroxyl groups is 1. The molecule has 0 bridgehead atoms. The number of amides is 1. The van der Waals surface area contributed by atoms with Gasteiger partial charge in [0.1, 0.15) is 5.60 Å². The van der Waals surface area contributed by atoms with E-state index < -0.39 is 11.7 Å². The number of aliphatic hydroxyl groups excluding tert-OH is 1. The van der Waals surface area contributed by atoms with E-state index in [2.05, 4.69) is 0 Å². The number of ketones is 1. The third-order valence-corrected chi connectivity index (χ3v) is 5.19. The van der Waals surface area contributed by atoms with Crippen LogP contribution < -0.4 is 0 Å². The number of ether oxygens (including phenoxy) is 1. The first-order valence-corrected chi connectivity index (χ1v) is 8.28. The van der Waals surface area contributed by atoms with E-state index in [1.54, 1.807) is 17.0 Å². The Balaban J connectivity index is 1.76. The first kappa shape index (κ1) is 15.4. The SMILES string of the molecule is CC(C)(C)OC(=O)N1C[C@H]2C[C@@]23C1=CC(=O)c1c(CO)cccc13. The van der Waals surface area contributed by atoms with Gasteiger partial charge < -0.3 is 9.84 Å². The molecule has 0 radical (unpaired) electrons. The van der Waals surface area contributed by atoms with Crippen molar-refractivity contribution in [3.05, 3.63) is 46.7 Å². The molecule has 3 aliphatic rings. The van der Waals surface area contributed by atoms with Gasteiger partial charge in [0.05, 0.1) is 6.61 Å². The second-order valence-corrected chi connectivity index (χ2v) is 7.85. The summed E-state index contributed by atoms with van der Waals surface area (Å²) in [5.41, 5.74) is 2.14. The number of benzene rings is 1. The highest BCUT2D eigenvalue weighted by molar-refractivity contribution is 6.10. The van der Waals surface area contributed by atoms with Crippen molar-refractivity contribution in [2.24, 2.45) is 5.92 Å². The first-order valence-electron chi connectivity index (χ1n) is 8.28. The Kier molecular flexibility index (Phi) is 3.01. The summed E-state index contributed by atoms with van der Waals surface area (Å²) in [6, 6.07) is 5.61. The molecular formula is C19H21NO4. The molecule has 1 heterocycles. The number of hydrogen-bond donors (Lipinski definition) is 1. The average molecular weight is 327 g/mol. The predicted octanol–water partition coefficient (Wildman–Crippen LogP) is 2.77. The summed E-state index contributed by atoms with van der Waals surface area (Å²) in [6.07, 6.45) is 2.11. The van der Waals surface area contributed by atoms with E-state index in [0.29, 0.717) is 23.6 Å². The summed E-state index contributed by atoms with van der Waals surface area (Å²) in [6.45, 7) is 5.92. The molecule has 1 spiro atoms. The summed E-state index contributed by atoms with van der Waals surface area (Å²) in [5.74, 6) is 0.174. The molecule has 126 valence electrons. The van der Waals surface area contributed by atoms with Gasteiger partial charge in [-0.25, -0.2) is 4.79 Å². The molecule has 5 heteroatoms. The van der Waals surface area contributed by atoms with Gasteiger partial charge in [-0.2, -0.15) is 0 Å². The predicted molar refractivity (Wildman–Crippen MR) is 87.5 cm³/mol. The number of nitrogens with zero attached hydrogens (tertiary/aromatic N) is 1. The number of fused-ring (bicyclic) bond motifs is 1. The number of likely N-dealkylation sites (tertiary alicyclic amines) is 1. The highest BCUT2D eigenvalue weighted by atomic mass is 16.6. The molecule has 0 unspecified atom stereocenters. The molecule has 0 aromatic heterocycles. The van der Waals surface area contributed by atoms with Crippen LogP contribution in [0.4, 0.5) is 4.79 Å². The topological polar surface area (TPSA) is 66.8 Å². The lowest BCUT2D eigenvalue weighted by Crippen LogP contribution is -2.38. The second-order valence-electron chi connectivity index (χ2n) is 7.85. The van der Waals surface area contributed by atoms with Crippen molar-refractivity contribution in [3.63, 3.8) is 0 Å². The molecule has 2 fully saturated rings. The van der Waals surface area contributed by atoms with Crippen LogP contribution in [0.3, 0.4) is 0 Å². The normalized spacial score (nSPS) is 27.2. The molecule has 1 saturated heterocycles. The van der Waals surface area contributed by atoms with Crippen LogP contribution >= 0.6 is 0 Å². The minimum Gasteiger partial charge on any atom is -0.443 e. The van der Waals surface area contributed by atoms with Crippen molar-refractivity contribution in [3.8, 4) is 0 Å². The largest absolute Gasteiger partial charge is 0.443 e. The van der Waals surface area contributed by atoms with Gasteiger partial charge >= 0.3 is 6.09 Å². The number of piperidine rings is 1. The van der Waals surface area contributed by atoms with Crippen LogP contribution in [0.5, 0.6) is 0 Å². The molecule has 1 aromatic carbocycles.